The molecule has 2 unspecified atom stereocenters. The van der Waals surface area contributed by atoms with Crippen LogP contribution in [0.5, 0.6) is 0 Å². The Bertz CT molecular complexity index is 139. The van der Waals surface area contributed by atoms with Crippen molar-refractivity contribution in [2.75, 3.05) is 26.2 Å². The number of fused-ring (bicyclic) bond motifs is 2. The Balaban J connectivity index is 0.000000605. The predicted molar refractivity (Wildman–Crippen MR) is 62.4 cm³/mol. The average molecular weight is 302 g/mol. The molecule has 74 valence electrons. The lowest BCUT2D eigenvalue weighted by Crippen LogP contribution is -2.38. The van der Waals surface area contributed by atoms with Crippen LogP contribution in [0.4, 0.5) is 0 Å². The van der Waals surface area contributed by atoms with Crippen LogP contribution in [0.2, 0.25) is 0 Å². The summed E-state index contributed by atoms with van der Waals surface area (Å²) in [5.41, 5.74) is 6.29. The molecule has 2 heterocycles. The first-order valence-corrected chi connectivity index (χ1v) is 4.27. The number of hydrogen-bond acceptors (Lipinski definition) is 2. The highest BCUT2D eigenvalue weighted by Gasteiger charge is 2.39. The Labute approximate surface area is 95.4 Å². The minimum atomic E-state index is 0. The fraction of sp³-hybridized carbons (Fsp3) is 1.00. The highest BCUT2D eigenvalue weighted by molar-refractivity contribution is 8.93. The van der Waals surface area contributed by atoms with E-state index in [4.69, 9.17) is 5.73 Å². The summed E-state index contributed by atoms with van der Waals surface area (Å²) in [6.07, 6.45) is 4.10. The third-order valence-electron chi connectivity index (χ3n) is 3.13. The minimum Gasteiger partial charge on any atom is -0.330 e. The second-order valence-electron chi connectivity index (χ2n) is 3.83. The molecule has 0 aromatic carbocycles. The number of rotatable bonds is 1. The third-order valence-corrected chi connectivity index (χ3v) is 3.13. The van der Waals surface area contributed by atoms with Gasteiger partial charge in [-0.25, -0.2) is 0 Å². The number of hydrogen-bond donors (Lipinski definition) is 1. The summed E-state index contributed by atoms with van der Waals surface area (Å²) in [4.78, 5) is 2.55. The summed E-state index contributed by atoms with van der Waals surface area (Å²) < 4.78 is 0. The normalized spacial score (nSPS) is 38.2. The van der Waals surface area contributed by atoms with E-state index in [0.29, 0.717) is 5.41 Å². The van der Waals surface area contributed by atoms with E-state index in [2.05, 4.69) is 4.90 Å². The summed E-state index contributed by atoms with van der Waals surface area (Å²) in [5.74, 6) is 0. The molecule has 2 aliphatic rings. The smallest absolute Gasteiger partial charge is 0.00506 e. The van der Waals surface area contributed by atoms with E-state index < -0.39 is 0 Å². The van der Waals surface area contributed by atoms with Crippen molar-refractivity contribution in [1.82, 2.24) is 4.90 Å². The fourth-order valence-corrected chi connectivity index (χ4v) is 2.37. The highest BCUT2D eigenvalue weighted by atomic mass is 79.9. The summed E-state index contributed by atoms with van der Waals surface area (Å²) in [7, 11) is 0. The highest BCUT2D eigenvalue weighted by Crippen LogP contribution is 2.37. The molecule has 0 saturated carbocycles. The lowest BCUT2D eigenvalue weighted by molar-refractivity contribution is 0.189. The van der Waals surface area contributed by atoms with Crippen molar-refractivity contribution >= 4 is 34.0 Å². The van der Waals surface area contributed by atoms with Crippen LogP contribution in [0, 0.1) is 5.41 Å². The van der Waals surface area contributed by atoms with Crippen LogP contribution in [0.15, 0.2) is 0 Å². The van der Waals surface area contributed by atoms with Crippen LogP contribution in [0.25, 0.3) is 0 Å². The fourth-order valence-electron chi connectivity index (χ4n) is 2.37. The van der Waals surface area contributed by atoms with E-state index in [0.717, 1.165) is 6.54 Å². The van der Waals surface area contributed by atoms with Gasteiger partial charge in [0.2, 0.25) is 0 Å². The van der Waals surface area contributed by atoms with E-state index >= 15 is 0 Å². The van der Waals surface area contributed by atoms with Gasteiger partial charge in [-0.3, -0.25) is 0 Å². The monoisotopic (exact) mass is 300 g/mol. The van der Waals surface area contributed by atoms with Crippen molar-refractivity contribution in [3.05, 3.63) is 0 Å². The van der Waals surface area contributed by atoms with E-state index in [1.807, 2.05) is 0 Å². The Morgan fingerprint density at radius 2 is 1.92 bits per heavy atom. The first-order valence-electron chi connectivity index (χ1n) is 4.27. The molecule has 2 saturated heterocycles. The number of nitrogens with zero attached hydrogens (tertiary/aromatic N) is 1. The molecule has 2 aliphatic heterocycles. The van der Waals surface area contributed by atoms with Gasteiger partial charge in [0.25, 0.3) is 0 Å². The van der Waals surface area contributed by atoms with E-state index in [9.17, 15) is 0 Å². The Kier molecular flexibility index (Phi) is 5.30. The molecule has 0 spiro atoms. The topological polar surface area (TPSA) is 29.3 Å². The van der Waals surface area contributed by atoms with Gasteiger partial charge in [-0.2, -0.15) is 0 Å². The van der Waals surface area contributed by atoms with Gasteiger partial charge in [0.1, 0.15) is 0 Å². The molecule has 2 nitrogen and oxygen atoms in total. The Morgan fingerprint density at radius 3 is 2.50 bits per heavy atom. The zero-order valence-electron chi connectivity index (χ0n) is 7.29. The van der Waals surface area contributed by atoms with Crippen LogP contribution in [-0.2, 0) is 0 Å². The molecule has 2 rings (SSSR count). The maximum Gasteiger partial charge on any atom is 0.00506 e. The average Bonchev–Trinajstić information content (AvgIpc) is 2.29. The number of piperidine rings is 1. The quantitative estimate of drug-likeness (QED) is 0.797. The van der Waals surface area contributed by atoms with E-state index in [1.165, 1.54) is 38.9 Å². The van der Waals surface area contributed by atoms with E-state index in [-0.39, 0.29) is 34.0 Å². The lowest BCUT2D eigenvalue weighted by Gasteiger charge is -2.32. The van der Waals surface area contributed by atoms with Gasteiger partial charge in [-0.1, -0.05) is 0 Å². The molecule has 2 atom stereocenters. The molecule has 4 heteroatoms. The molecule has 0 amide bonds. The van der Waals surface area contributed by atoms with Crippen LogP contribution in [0.1, 0.15) is 19.3 Å². The summed E-state index contributed by atoms with van der Waals surface area (Å²) >= 11 is 0. The maximum absolute atomic E-state index is 5.75. The minimum absolute atomic E-state index is 0. The molecule has 0 aromatic heterocycles. The zero-order chi connectivity index (χ0) is 7.03. The Hall–Kier alpha value is 0.880. The van der Waals surface area contributed by atoms with Crippen molar-refractivity contribution in [2.45, 2.75) is 19.3 Å². The molecule has 0 radical (unpaired) electrons. The molecule has 12 heavy (non-hydrogen) atoms. The van der Waals surface area contributed by atoms with Crippen LogP contribution >= 0.6 is 34.0 Å². The number of halogens is 2. The first kappa shape index (κ1) is 12.9. The van der Waals surface area contributed by atoms with Crippen molar-refractivity contribution in [1.29, 1.82) is 0 Å². The lowest BCUT2D eigenvalue weighted by atomic mass is 9.81. The standard InChI is InChI=1S/C8H16N2.2BrH/c9-6-8-2-1-4-10(7-8)5-3-8;;/h1-7,9H2;2*1H. The summed E-state index contributed by atoms with van der Waals surface area (Å²) in [6.45, 7) is 4.81. The van der Waals surface area contributed by atoms with Gasteiger partial charge in [0.05, 0.1) is 0 Å². The Morgan fingerprint density at radius 1 is 1.17 bits per heavy atom. The van der Waals surface area contributed by atoms with Gasteiger partial charge >= 0.3 is 0 Å². The maximum atomic E-state index is 5.75. The first-order chi connectivity index (χ1) is 4.85. The van der Waals surface area contributed by atoms with Gasteiger partial charge < -0.3 is 10.6 Å². The second kappa shape index (κ2) is 4.94. The van der Waals surface area contributed by atoms with Crippen molar-refractivity contribution < 1.29 is 0 Å². The molecule has 0 aromatic rings. The SMILES string of the molecule is Br.Br.NCC12CCCN(CC1)C2. The third kappa shape index (κ3) is 2.22. The van der Waals surface area contributed by atoms with Crippen molar-refractivity contribution in [3.63, 3.8) is 0 Å². The molecule has 2 bridgehead atoms. The predicted octanol–water partition coefficient (Wildman–Crippen LogP) is 1.59. The zero-order valence-corrected chi connectivity index (χ0v) is 10.7. The van der Waals surface area contributed by atoms with Crippen LogP contribution in [0.3, 0.4) is 0 Å². The molecule has 0 aliphatic carbocycles. The molecule has 2 fully saturated rings. The largest absolute Gasteiger partial charge is 0.330 e. The molecule has 2 N–H and O–H groups in total. The summed E-state index contributed by atoms with van der Waals surface area (Å²) in [5, 5.41) is 0. The van der Waals surface area contributed by atoms with Crippen molar-refractivity contribution in [2.24, 2.45) is 11.1 Å². The van der Waals surface area contributed by atoms with Gasteiger partial charge in [-0.05, 0) is 44.3 Å². The van der Waals surface area contributed by atoms with Gasteiger partial charge in [-0.15, -0.1) is 34.0 Å². The second-order valence-corrected chi connectivity index (χ2v) is 3.83. The van der Waals surface area contributed by atoms with Crippen molar-refractivity contribution in [3.8, 4) is 0 Å². The van der Waals surface area contributed by atoms with Gasteiger partial charge in [0, 0.05) is 6.54 Å². The summed E-state index contributed by atoms with van der Waals surface area (Å²) in [6, 6.07) is 0. The van der Waals surface area contributed by atoms with E-state index in [1.54, 1.807) is 0 Å². The van der Waals surface area contributed by atoms with Crippen LogP contribution in [-0.4, -0.2) is 31.1 Å². The molecular weight excluding hydrogens is 284 g/mol. The molecular formula is C8H18Br2N2. The van der Waals surface area contributed by atoms with Gasteiger partial charge in [0.15, 0.2) is 0 Å². The number of nitrogens with two attached hydrogens (primary N) is 1. The van der Waals surface area contributed by atoms with Crippen LogP contribution < -0.4 is 5.73 Å².